The SMILES string of the molecule is O=c1c(-c2ccc(F)cc2)c[nH]c2ccnc(Nc3ccc(Oc4ccnc5cc(OCCN6CCOCC6)ccc45)c(F)c3)c12. The molecule has 9 nitrogen and oxygen atoms in total. The van der Waals surface area contributed by atoms with Crippen molar-refractivity contribution in [1.29, 1.82) is 0 Å². The highest BCUT2D eigenvalue weighted by atomic mass is 19.1. The van der Waals surface area contributed by atoms with E-state index in [2.05, 4.69) is 25.2 Å². The third kappa shape index (κ3) is 6.23. The van der Waals surface area contributed by atoms with Crippen molar-refractivity contribution in [2.24, 2.45) is 0 Å². The highest BCUT2D eigenvalue weighted by molar-refractivity contribution is 5.93. The topological polar surface area (TPSA) is 102 Å². The second-order valence-corrected chi connectivity index (χ2v) is 10.8. The highest BCUT2D eigenvalue weighted by Crippen LogP contribution is 2.34. The first-order chi connectivity index (χ1) is 22.5. The third-order valence-corrected chi connectivity index (χ3v) is 7.82. The molecule has 11 heteroatoms. The molecule has 6 aromatic rings. The predicted molar refractivity (Wildman–Crippen MR) is 172 cm³/mol. The molecule has 0 aliphatic carbocycles. The largest absolute Gasteiger partial charge is 0.492 e. The van der Waals surface area contributed by atoms with E-state index in [0.717, 1.165) is 32.8 Å². The number of nitrogens with one attached hydrogen (secondary N) is 2. The Balaban J connectivity index is 1.08. The number of H-pyrrole nitrogens is 1. The van der Waals surface area contributed by atoms with E-state index in [1.807, 2.05) is 18.2 Å². The van der Waals surface area contributed by atoms with E-state index >= 15 is 4.39 Å². The summed E-state index contributed by atoms with van der Waals surface area (Å²) in [5, 5.41) is 4.06. The minimum absolute atomic E-state index is 0.0196. The molecule has 0 bridgehead atoms. The van der Waals surface area contributed by atoms with Gasteiger partial charge in [-0.05, 0) is 54.1 Å². The Hall–Kier alpha value is -5.39. The maximum atomic E-state index is 15.4. The number of aromatic amines is 1. The zero-order chi connectivity index (χ0) is 31.5. The van der Waals surface area contributed by atoms with Crippen molar-refractivity contribution in [2.45, 2.75) is 0 Å². The lowest BCUT2D eigenvalue weighted by Gasteiger charge is -2.26. The van der Waals surface area contributed by atoms with Gasteiger partial charge in [-0.3, -0.25) is 14.7 Å². The van der Waals surface area contributed by atoms with Crippen LogP contribution in [0.25, 0.3) is 32.9 Å². The summed E-state index contributed by atoms with van der Waals surface area (Å²) in [7, 11) is 0. The first kappa shape index (κ1) is 29.3. The molecule has 7 rings (SSSR count). The predicted octanol–water partition coefficient (Wildman–Crippen LogP) is 6.66. The van der Waals surface area contributed by atoms with Gasteiger partial charge in [0.1, 0.15) is 29.7 Å². The molecular formula is C35H29F2N5O4. The van der Waals surface area contributed by atoms with Gasteiger partial charge in [0.2, 0.25) is 5.43 Å². The number of benzene rings is 3. The standard InChI is InChI=1S/C35H29F2N5O4/c36-23-3-1-22(2-4-23)27-21-40-29-9-11-39-35(33(29)34(27)43)41-24-5-8-32(28(37)19-24)46-31-10-12-38-30-20-25(6-7-26(30)31)45-18-15-42-13-16-44-17-14-42/h1-12,19-21H,13-18H2,(H,39,41)(H,40,43). The zero-order valence-corrected chi connectivity index (χ0v) is 24.6. The summed E-state index contributed by atoms with van der Waals surface area (Å²) in [4.78, 5) is 27.7. The van der Waals surface area contributed by atoms with Gasteiger partial charge >= 0.3 is 0 Å². The molecule has 3 aromatic heterocycles. The molecule has 1 aliphatic heterocycles. The maximum absolute atomic E-state index is 15.4. The minimum atomic E-state index is -0.612. The van der Waals surface area contributed by atoms with Crippen LogP contribution in [-0.2, 0) is 4.74 Å². The fraction of sp³-hybridized carbons (Fsp3) is 0.171. The second kappa shape index (κ2) is 12.9. The Morgan fingerprint density at radius 2 is 1.74 bits per heavy atom. The monoisotopic (exact) mass is 621 g/mol. The van der Waals surface area contributed by atoms with Crippen molar-refractivity contribution in [3.63, 3.8) is 0 Å². The molecule has 1 aliphatic rings. The molecule has 1 saturated heterocycles. The average molecular weight is 622 g/mol. The minimum Gasteiger partial charge on any atom is -0.492 e. The molecule has 0 saturated carbocycles. The van der Waals surface area contributed by atoms with Gasteiger partial charge in [0.15, 0.2) is 11.6 Å². The highest BCUT2D eigenvalue weighted by Gasteiger charge is 2.15. The van der Waals surface area contributed by atoms with Crippen LogP contribution in [0.5, 0.6) is 17.2 Å². The van der Waals surface area contributed by atoms with E-state index in [9.17, 15) is 9.18 Å². The molecule has 4 heterocycles. The summed E-state index contributed by atoms with van der Waals surface area (Å²) >= 11 is 0. The van der Waals surface area contributed by atoms with Gasteiger partial charge in [-0.2, -0.15) is 0 Å². The molecule has 2 N–H and O–H groups in total. The Kier molecular flexibility index (Phi) is 8.24. The van der Waals surface area contributed by atoms with Crippen LogP contribution in [0, 0.1) is 11.6 Å². The number of morpholine rings is 1. The Morgan fingerprint density at radius 1 is 0.913 bits per heavy atom. The Bertz CT molecular complexity index is 2080. The van der Waals surface area contributed by atoms with Gasteiger partial charge in [0, 0.05) is 67.0 Å². The van der Waals surface area contributed by atoms with Crippen LogP contribution in [0.15, 0.2) is 96.2 Å². The summed E-state index contributed by atoms with van der Waals surface area (Å²) in [6.07, 6.45) is 4.73. The van der Waals surface area contributed by atoms with Crippen molar-refractivity contribution in [2.75, 3.05) is 44.8 Å². The van der Waals surface area contributed by atoms with Crippen LogP contribution in [0.3, 0.4) is 0 Å². The summed E-state index contributed by atoms with van der Waals surface area (Å²) in [6, 6.07) is 19.0. The summed E-state index contributed by atoms with van der Waals surface area (Å²) in [5.74, 6) is 0.396. The first-order valence-electron chi connectivity index (χ1n) is 14.8. The van der Waals surface area contributed by atoms with Crippen LogP contribution in [-0.4, -0.2) is 59.3 Å². The van der Waals surface area contributed by atoms with Crippen LogP contribution >= 0.6 is 0 Å². The molecule has 0 amide bonds. The van der Waals surface area contributed by atoms with E-state index in [4.69, 9.17) is 14.2 Å². The van der Waals surface area contributed by atoms with E-state index < -0.39 is 11.6 Å². The second-order valence-electron chi connectivity index (χ2n) is 10.8. The molecule has 1 fully saturated rings. The van der Waals surface area contributed by atoms with Crippen LogP contribution in [0.1, 0.15) is 0 Å². The lowest BCUT2D eigenvalue weighted by Crippen LogP contribution is -2.38. The molecule has 232 valence electrons. The number of hydrogen-bond donors (Lipinski definition) is 2. The number of nitrogens with zero attached hydrogens (tertiary/aromatic N) is 3. The smallest absolute Gasteiger partial charge is 0.200 e. The number of halogens is 2. The number of pyridine rings is 3. The lowest BCUT2D eigenvalue weighted by molar-refractivity contribution is 0.0322. The lowest BCUT2D eigenvalue weighted by atomic mass is 10.0. The van der Waals surface area contributed by atoms with Crippen LogP contribution in [0.4, 0.5) is 20.3 Å². The number of anilines is 2. The van der Waals surface area contributed by atoms with E-state index in [0.29, 0.717) is 51.3 Å². The number of hydrogen-bond acceptors (Lipinski definition) is 8. The molecule has 0 unspecified atom stereocenters. The summed E-state index contributed by atoms with van der Waals surface area (Å²) < 4.78 is 46.2. The van der Waals surface area contributed by atoms with Gasteiger partial charge in [-0.25, -0.2) is 13.8 Å². The van der Waals surface area contributed by atoms with Gasteiger partial charge in [-0.1, -0.05) is 12.1 Å². The Labute approximate surface area is 262 Å². The molecule has 0 atom stereocenters. The zero-order valence-electron chi connectivity index (χ0n) is 24.6. The first-order valence-corrected chi connectivity index (χ1v) is 14.8. The number of rotatable bonds is 9. The van der Waals surface area contributed by atoms with E-state index in [-0.39, 0.29) is 22.4 Å². The van der Waals surface area contributed by atoms with Crippen molar-refractivity contribution >= 4 is 33.3 Å². The number of fused-ring (bicyclic) bond motifs is 2. The normalized spacial score (nSPS) is 13.6. The summed E-state index contributed by atoms with van der Waals surface area (Å²) in [5.41, 5.74) is 2.19. The Morgan fingerprint density at radius 3 is 2.57 bits per heavy atom. The van der Waals surface area contributed by atoms with Gasteiger partial charge < -0.3 is 24.5 Å². The fourth-order valence-corrected chi connectivity index (χ4v) is 5.42. The summed E-state index contributed by atoms with van der Waals surface area (Å²) in [6.45, 7) is 4.64. The van der Waals surface area contributed by atoms with Gasteiger partial charge in [0.25, 0.3) is 0 Å². The van der Waals surface area contributed by atoms with E-state index in [1.54, 1.807) is 36.8 Å². The number of aromatic nitrogens is 3. The van der Waals surface area contributed by atoms with Crippen molar-refractivity contribution in [1.82, 2.24) is 19.9 Å². The van der Waals surface area contributed by atoms with Crippen molar-refractivity contribution in [3.8, 4) is 28.4 Å². The van der Waals surface area contributed by atoms with Crippen LogP contribution in [0.2, 0.25) is 0 Å². The maximum Gasteiger partial charge on any atom is 0.200 e. The van der Waals surface area contributed by atoms with Crippen molar-refractivity contribution < 1.29 is 23.0 Å². The van der Waals surface area contributed by atoms with Crippen LogP contribution < -0.4 is 20.2 Å². The third-order valence-electron chi connectivity index (χ3n) is 7.82. The number of ether oxygens (including phenoxy) is 3. The molecule has 3 aromatic carbocycles. The fourth-order valence-electron chi connectivity index (χ4n) is 5.42. The van der Waals surface area contributed by atoms with E-state index in [1.165, 1.54) is 36.4 Å². The van der Waals surface area contributed by atoms with Crippen molar-refractivity contribution in [3.05, 3.63) is 113 Å². The molecule has 46 heavy (non-hydrogen) atoms. The van der Waals surface area contributed by atoms with Gasteiger partial charge in [0.05, 0.1) is 29.6 Å². The quantitative estimate of drug-likeness (QED) is 0.185. The van der Waals surface area contributed by atoms with Gasteiger partial charge in [-0.15, -0.1) is 0 Å². The molecule has 0 radical (unpaired) electrons. The molecule has 0 spiro atoms. The average Bonchev–Trinajstić information content (AvgIpc) is 3.07. The molecular weight excluding hydrogens is 592 g/mol.